The SMILES string of the molecule is CC(O)c1ccc(C#N)cc1N(C)CCCN(C)C. The van der Waals surface area contributed by atoms with Crippen molar-refractivity contribution in [1.82, 2.24) is 4.90 Å². The molecule has 19 heavy (non-hydrogen) atoms. The first-order valence-corrected chi connectivity index (χ1v) is 6.53. The Morgan fingerprint density at radius 1 is 1.26 bits per heavy atom. The third kappa shape index (κ3) is 4.55. The molecule has 0 saturated carbocycles. The Hall–Kier alpha value is -1.57. The topological polar surface area (TPSA) is 50.5 Å². The number of nitrogens with zero attached hydrogens (tertiary/aromatic N) is 3. The smallest absolute Gasteiger partial charge is 0.0992 e. The Morgan fingerprint density at radius 2 is 1.95 bits per heavy atom. The lowest BCUT2D eigenvalue weighted by Gasteiger charge is -2.24. The Balaban J connectivity index is 2.87. The van der Waals surface area contributed by atoms with E-state index in [0.29, 0.717) is 5.56 Å². The van der Waals surface area contributed by atoms with Crippen molar-refractivity contribution in [3.05, 3.63) is 29.3 Å². The second-order valence-electron chi connectivity index (χ2n) is 5.14. The molecule has 0 aliphatic carbocycles. The summed E-state index contributed by atoms with van der Waals surface area (Å²) in [6.45, 7) is 3.66. The molecule has 1 N–H and O–H groups in total. The summed E-state index contributed by atoms with van der Waals surface area (Å²) in [5.74, 6) is 0. The molecule has 1 unspecified atom stereocenters. The van der Waals surface area contributed by atoms with Crippen molar-refractivity contribution in [3.8, 4) is 6.07 Å². The van der Waals surface area contributed by atoms with Gasteiger partial charge in [-0.25, -0.2) is 0 Å². The Kier molecular flexibility index (Phi) is 5.81. The quantitative estimate of drug-likeness (QED) is 0.851. The van der Waals surface area contributed by atoms with Crippen LogP contribution in [0.3, 0.4) is 0 Å². The van der Waals surface area contributed by atoms with Crippen LogP contribution < -0.4 is 4.90 Å². The fourth-order valence-electron chi connectivity index (χ4n) is 2.04. The second kappa shape index (κ2) is 7.13. The van der Waals surface area contributed by atoms with Gasteiger partial charge in [0.1, 0.15) is 0 Å². The average Bonchev–Trinajstić information content (AvgIpc) is 2.37. The molecule has 0 aliphatic rings. The van der Waals surface area contributed by atoms with Crippen LogP contribution in [0.25, 0.3) is 0 Å². The minimum atomic E-state index is -0.529. The van der Waals surface area contributed by atoms with Crippen molar-refractivity contribution < 1.29 is 5.11 Å². The third-order valence-electron chi connectivity index (χ3n) is 3.12. The molecule has 1 rings (SSSR count). The van der Waals surface area contributed by atoms with Gasteiger partial charge < -0.3 is 14.9 Å². The molecular weight excluding hydrogens is 238 g/mol. The van der Waals surface area contributed by atoms with Crippen LogP contribution in [0.1, 0.15) is 30.6 Å². The van der Waals surface area contributed by atoms with E-state index in [2.05, 4.69) is 30.0 Å². The summed E-state index contributed by atoms with van der Waals surface area (Å²) in [6, 6.07) is 7.57. The highest BCUT2D eigenvalue weighted by Crippen LogP contribution is 2.27. The Bertz CT molecular complexity index is 449. The zero-order chi connectivity index (χ0) is 14.4. The summed E-state index contributed by atoms with van der Waals surface area (Å²) in [7, 11) is 6.10. The van der Waals surface area contributed by atoms with Gasteiger partial charge in [-0.3, -0.25) is 0 Å². The van der Waals surface area contributed by atoms with Crippen molar-refractivity contribution in [2.75, 3.05) is 39.1 Å². The first kappa shape index (κ1) is 15.5. The molecule has 0 saturated heterocycles. The maximum atomic E-state index is 9.81. The summed E-state index contributed by atoms with van der Waals surface area (Å²) in [4.78, 5) is 4.25. The van der Waals surface area contributed by atoms with Crippen LogP contribution in [0.15, 0.2) is 18.2 Å². The van der Waals surface area contributed by atoms with Crippen LogP contribution >= 0.6 is 0 Å². The van der Waals surface area contributed by atoms with Gasteiger partial charge in [0.2, 0.25) is 0 Å². The van der Waals surface area contributed by atoms with Gasteiger partial charge in [-0.15, -0.1) is 0 Å². The van der Waals surface area contributed by atoms with Gasteiger partial charge in [0.25, 0.3) is 0 Å². The predicted molar refractivity (Wildman–Crippen MR) is 78.2 cm³/mol. The minimum absolute atomic E-state index is 0.529. The number of rotatable bonds is 6. The summed E-state index contributed by atoms with van der Waals surface area (Å²) in [5.41, 5.74) is 2.43. The molecule has 1 atom stereocenters. The largest absolute Gasteiger partial charge is 0.389 e. The van der Waals surface area contributed by atoms with Crippen LogP contribution in [0.4, 0.5) is 5.69 Å². The molecule has 4 nitrogen and oxygen atoms in total. The molecule has 0 aliphatic heterocycles. The van der Waals surface area contributed by atoms with E-state index in [-0.39, 0.29) is 0 Å². The molecule has 0 heterocycles. The van der Waals surface area contributed by atoms with Gasteiger partial charge in [0.05, 0.1) is 17.7 Å². The van der Waals surface area contributed by atoms with Gasteiger partial charge in [-0.1, -0.05) is 6.07 Å². The fraction of sp³-hybridized carbons (Fsp3) is 0.533. The van der Waals surface area contributed by atoms with Crippen molar-refractivity contribution in [3.63, 3.8) is 0 Å². The summed E-state index contributed by atoms with van der Waals surface area (Å²) in [6.07, 6.45) is 0.513. The molecule has 0 amide bonds. The van der Waals surface area contributed by atoms with Gasteiger partial charge >= 0.3 is 0 Å². The molecule has 0 bridgehead atoms. The third-order valence-corrected chi connectivity index (χ3v) is 3.12. The fourth-order valence-corrected chi connectivity index (χ4v) is 2.04. The van der Waals surface area contributed by atoms with Crippen LogP contribution in [-0.4, -0.2) is 44.2 Å². The van der Waals surface area contributed by atoms with Gasteiger partial charge in [0, 0.05) is 24.8 Å². The average molecular weight is 261 g/mol. The predicted octanol–water partition coefficient (Wildman–Crippen LogP) is 2.00. The zero-order valence-electron chi connectivity index (χ0n) is 12.2. The van der Waals surface area contributed by atoms with E-state index in [1.807, 2.05) is 19.2 Å². The van der Waals surface area contributed by atoms with Crippen LogP contribution in [0.5, 0.6) is 0 Å². The first-order chi connectivity index (χ1) is 8.95. The normalized spacial score (nSPS) is 12.3. The summed E-state index contributed by atoms with van der Waals surface area (Å²) in [5, 5.41) is 18.8. The monoisotopic (exact) mass is 261 g/mol. The molecule has 0 aromatic heterocycles. The number of anilines is 1. The number of hydrogen-bond acceptors (Lipinski definition) is 4. The lowest BCUT2D eigenvalue weighted by molar-refractivity contribution is 0.199. The van der Waals surface area contributed by atoms with Gasteiger partial charge in [-0.2, -0.15) is 5.26 Å². The minimum Gasteiger partial charge on any atom is -0.389 e. The number of nitriles is 1. The standard InChI is InChI=1S/C15H23N3O/c1-12(19)14-7-6-13(11-16)10-15(14)18(4)9-5-8-17(2)3/h6-7,10,12,19H,5,8-9H2,1-4H3. The first-order valence-electron chi connectivity index (χ1n) is 6.53. The zero-order valence-corrected chi connectivity index (χ0v) is 12.2. The van der Waals surface area contributed by atoms with Crippen LogP contribution in [-0.2, 0) is 0 Å². The van der Waals surface area contributed by atoms with Crippen molar-refractivity contribution in [2.24, 2.45) is 0 Å². The second-order valence-corrected chi connectivity index (χ2v) is 5.14. The van der Waals surface area contributed by atoms with Crippen molar-refractivity contribution >= 4 is 5.69 Å². The lowest BCUT2D eigenvalue weighted by atomic mass is 10.0. The number of aliphatic hydroxyl groups is 1. The van der Waals surface area contributed by atoms with Gasteiger partial charge in [-0.05, 0) is 46.1 Å². The summed E-state index contributed by atoms with van der Waals surface area (Å²) < 4.78 is 0. The van der Waals surface area contributed by atoms with Crippen LogP contribution in [0, 0.1) is 11.3 Å². The van der Waals surface area contributed by atoms with E-state index in [9.17, 15) is 5.11 Å². The maximum Gasteiger partial charge on any atom is 0.0992 e. The molecule has 0 fully saturated rings. The van der Waals surface area contributed by atoms with E-state index in [4.69, 9.17) is 5.26 Å². The molecular formula is C15H23N3O. The Morgan fingerprint density at radius 3 is 2.47 bits per heavy atom. The molecule has 1 aromatic carbocycles. The van der Waals surface area contributed by atoms with E-state index in [1.165, 1.54) is 0 Å². The van der Waals surface area contributed by atoms with Gasteiger partial charge in [0.15, 0.2) is 0 Å². The van der Waals surface area contributed by atoms with E-state index >= 15 is 0 Å². The van der Waals surface area contributed by atoms with Crippen molar-refractivity contribution in [2.45, 2.75) is 19.4 Å². The lowest BCUT2D eigenvalue weighted by Crippen LogP contribution is -2.24. The molecule has 104 valence electrons. The number of benzene rings is 1. The molecule has 1 aromatic rings. The van der Waals surface area contributed by atoms with Crippen LogP contribution in [0.2, 0.25) is 0 Å². The van der Waals surface area contributed by atoms with E-state index in [1.54, 1.807) is 13.0 Å². The molecule has 4 heteroatoms. The van der Waals surface area contributed by atoms with E-state index in [0.717, 1.165) is 30.8 Å². The van der Waals surface area contributed by atoms with Crippen molar-refractivity contribution in [1.29, 1.82) is 5.26 Å². The molecule has 0 radical (unpaired) electrons. The number of hydrogen-bond donors (Lipinski definition) is 1. The highest BCUT2D eigenvalue weighted by atomic mass is 16.3. The summed E-state index contributed by atoms with van der Waals surface area (Å²) >= 11 is 0. The Labute approximate surface area is 115 Å². The highest BCUT2D eigenvalue weighted by molar-refractivity contribution is 5.58. The molecule has 0 spiro atoms. The number of aliphatic hydroxyl groups excluding tert-OH is 1. The van der Waals surface area contributed by atoms with E-state index < -0.39 is 6.10 Å². The maximum absolute atomic E-state index is 9.81. The highest BCUT2D eigenvalue weighted by Gasteiger charge is 2.12.